The molecule has 8 nitrogen and oxygen atoms in total. The number of aliphatic hydroxyl groups is 1. The van der Waals surface area contributed by atoms with Gasteiger partial charge in [0.25, 0.3) is 5.56 Å². The Morgan fingerprint density at radius 2 is 1.75 bits per heavy atom. The second-order valence-corrected chi connectivity index (χ2v) is 7.26. The average Bonchev–Trinajstić information content (AvgIpc) is 3.17. The summed E-state index contributed by atoms with van der Waals surface area (Å²) in [5.41, 5.74) is 2.40. The van der Waals surface area contributed by atoms with Gasteiger partial charge in [-0.2, -0.15) is 4.98 Å². The highest BCUT2D eigenvalue weighted by Gasteiger charge is 2.22. The molecule has 0 unspecified atom stereocenters. The molecule has 0 saturated heterocycles. The molecule has 28 heavy (non-hydrogen) atoms. The molecule has 146 valence electrons. The number of benzene rings is 1. The van der Waals surface area contributed by atoms with Crippen LogP contribution in [0.15, 0.2) is 33.9 Å². The molecule has 0 amide bonds. The predicted octanol–water partition coefficient (Wildman–Crippen LogP) is 1.46. The van der Waals surface area contributed by atoms with Crippen molar-refractivity contribution >= 4 is 28.5 Å². The highest BCUT2D eigenvalue weighted by molar-refractivity contribution is 6.30. The van der Waals surface area contributed by atoms with Gasteiger partial charge in [0.2, 0.25) is 5.78 Å². The number of halogens is 1. The number of aliphatic hydroxyl groups excluding tert-OH is 1. The first-order chi connectivity index (χ1) is 13.3. The lowest BCUT2D eigenvalue weighted by molar-refractivity contribution is 0.276. The summed E-state index contributed by atoms with van der Waals surface area (Å²) in [7, 11) is 1.60. The fourth-order valence-corrected chi connectivity index (χ4v) is 3.72. The van der Waals surface area contributed by atoms with Crippen molar-refractivity contribution in [3.8, 4) is 0 Å². The molecule has 0 aliphatic heterocycles. The van der Waals surface area contributed by atoms with E-state index in [2.05, 4.69) is 4.98 Å². The molecule has 1 N–H and O–H groups in total. The zero-order valence-electron chi connectivity index (χ0n) is 15.8. The summed E-state index contributed by atoms with van der Waals surface area (Å²) in [6.07, 6.45) is 0. The van der Waals surface area contributed by atoms with Crippen LogP contribution in [0.2, 0.25) is 5.02 Å². The second kappa shape index (κ2) is 6.65. The Labute approximate surface area is 164 Å². The maximum atomic E-state index is 13.3. The zero-order valence-corrected chi connectivity index (χ0v) is 16.6. The van der Waals surface area contributed by atoms with Crippen LogP contribution in [0.1, 0.15) is 17.0 Å². The van der Waals surface area contributed by atoms with Crippen LogP contribution in [0.4, 0.5) is 0 Å². The Balaban J connectivity index is 2.04. The smallest absolute Gasteiger partial charge is 0.332 e. The van der Waals surface area contributed by atoms with Gasteiger partial charge in [0.15, 0.2) is 11.2 Å². The van der Waals surface area contributed by atoms with E-state index in [1.807, 2.05) is 18.4 Å². The van der Waals surface area contributed by atoms with E-state index in [9.17, 15) is 14.7 Å². The van der Waals surface area contributed by atoms with Gasteiger partial charge < -0.3 is 9.67 Å². The van der Waals surface area contributed by atoms with Crippen LogP contribution in [0.5, 0.6) is 0 Å². The number of fused-ring (bicyclic) bond motifs is 3. The first-order valence-corrected chi connectivity index (χ1v) is 9.26. The van der Waals surface area contributed by atoms with E-state index in [-0.39, 0.29) is 13.2 Å². The van der Waals surface area contributed by atoms with Crippen LogP contribution in [0.3, 0.4) is 0 Å². The highest BCUT2D eigenvalue weighted by atomic mass is 35.5. The van der Waals surface area contributed by atoms with Crippen LogP contribution in [-0.4, -0.2) is 34.8 Å². The van der Waals surface area contributed by atoms with Gasteiger partial charge in [0.05, 0.1) is 13.2 Å². The highest BCUT2D eigenvalue weighted by Crippen LogP contribution is 2.20. The van der Waals surface area contributed by atoms with Gasteiger partial charge in [0.1, 0.15) is 0 Å². The number of rotatable bonds is 4. The topological polar surface area (TPSA) is 86.5 Å². The third kappa shape index (κ3) is 2.60. The molecule has 1 aromatic carbocycles. The van der Waals surface area contributed by atoms with E-state index in [1.165, 1.54) is 9.13 Å². The van der Waals surface area contributed by atoms with Gasteiger partial charge in [-0.15, -0.1) is 0 Å². The van der Waals surface area contributed by atoms with Gasteiger partial charge in [-0.25, -0.2) is 4.79 Å². The molecule has 3 aromatic heterocycles. The normalized spacial score (nSPS) is 11.8. The Kier molecular flexibility index (Phi) is 4.40. The van der Waals surface area contributed by atoms with Crippen molar-refractivity contribution in [2.45, 2.75) is 26.9 Å². The molecule has 0 atom stereocenters. The van der Waals surface area contributed by atoms with E-state index in [0.717, 1.165) is 17.0 Å². The van der Waals surface area contributed by atoms with Crippen molar-refractivity contribution in [3.63, 3.8) is 0 Å². The summed E-state index contributed by atoms with van der Waals surface area (Å²) < 4.78 is 6.21. The van der Waals surface area contributed by atoms with E-state index < -0.39 is 11.2 Å². The molecule has 0 saturated carbocycles. The quantitative estimate of drug-likeness (QED) is 0.561. The largest absolute Gasteiger partial charge is 0.395 e. The molecule has 0 radical (unpaired) electrons. The average molecular weight is 402 g/mol. The summed E-state index contributed by atoms with van der Waals surface area (Å²) in [4.78, 5) is 30.7. The second-order valence-electron chi connectivity index (χ2n) is 6.82. The number of aryl methyl sites for hydroxylation is 2. The number of hydrogen-bond donors (Lipinski definition) is 1. The van der Waals surface area contributed by atoms with E-state index in [0.29, 0.717) is 28.5 Å². The van der Waals surface area contributed by atoms with Gasteiger partial charge in [-0.05, 0) is 31.5 Å². The lowest BCUT2D eigenvalue weighted by Gasteiger charge is -2.09. The van der Waals surface area contributed by atoms with E-state index in [4.69, 9.17) is 11.6 Å². The monoisotopic (exact) mass is 401 g/mol. The van der Waals surface area contributed by atoms with Crippen molar-refractivity contribution in [1.29, 1.82) is 0 Å². The third-order valence-electron chi connectivity index (χ3n) is 5.21. The van der Waals surface area contributed by atoms with Crippen LogP contribution in [0, 0.1) is 13.8 Å². The molecule has 0 aliphatic rings. The standard InChI is InChI=1S/C19H20ClN5O3/c1-11-12(2)25-15-16(21-18(25)23(11)8-9-26)22(3)19(28)24(17(15)27)10-13-4-6-14(20)7-5-13/h4-7,26H,8-10H2,1-3H3. The van der Waals surface area contributed by atoms with Crippen LogP contribution in [-0.2, 0) is 20.1 Å². The van der Waals surface area contributed by atoms with Crippen molar-refractivity contribution in [3.05, 3.63) is 67.1 Å². The van der Waals surface area contributed by atoms with Crippen molar-refractivity contribution in [2.75, 3.05) is 6.61 Å². The molecule has 0 spiro atoms. The molecule has 3 heterocycles. The van der Waals surface area contributed by atoms with Gasteiger partial charge in [0, 0.05) is 30.0 Å². The van der Waals surface area contributed by atoms with Crippen molar-refractivity contribution in [1.82, 2.24) is 23.1 Å². The van der Waals surface area contributed by atoms with Crippen LogP contribution < -0.4 is 11.2 Å². The van der Waals surface area contributed by atoms with Gasteiger partial charge in [-0.1, -0.05) is 23.7 Å². The minimum absolute atomic E-state index is 0.0481. The molecular weight excluding hydrogens is 382 g/mol. The van der Waals surface area contributed by atoms with Gasteiger partial charge in [-0.3, -0.25) is 18.3 Å². The van der Waals surface area contributed by atoms with E-state index in [1.54, 1.807) is 35.7 Å². The Bertz CT molecular complexity index is 1320. The predicted molar refractivity (Wildman–Crippen MR) is 107 cm³/mol. The van der Waals surface area contributed by atoms with Gasteiger partial charge >= 0.3 is 5.69 Å². The SMILES string of the molecule is Cc1c(C)n2c3c(=O)n(Cc4ccc(Cl)cc4)c(=O)n(C)c3nc2n1CCO. The molecular formula is C19H20ClN5O3. The number of nitrogens with zero attached hydrogens (tertiary/aromatic N) is 5. The summed E-state index contributed by atoms with van der Waals surface area (Å²) in [5, 5.41) is 9.97. The van der Waals surface area contributed by atoms with E-state index >= 15 is 0 Å². The molecule has 0 aliphatic carbocycles. The molecule has 9 heteroatoms. The van der Waals surface area contributed by atoms with Crippen LogP contribution in [0.25, 0.3) is 16.9 Å². The molecule has 4 rings (SSSR count). The van der Waals surface area contributed by atoms with Crippen LogP contribution >= 0.6 is 11.6 Å². The third-order valence-corrected chi connectivity index (χ3v) is 5.46. The number of aromatic nitrogens is 5. The van der Waals surface area contributed by atoms with Crippen molar-refractivity contribution < 1.29 is 5.11 Å². The fraction of sp³-hybridized carbons (Fsp3) is 0.316. The fourth-order valence-electron chi connectivity index (χ4n) is 3.59. The Morgan fingerprint density at radius 3 is 2.39 bits per heavy atom. The molecule has 0 fully saturated rings. The lowest BCUT2D eigenvalue weighted by Crippen LogP contribution is -2.39. The maximum Gasteiger partial charge on any atom is 0.332 e. The lowest BCUT2D eigenvalue weighted by atomic mass is 10.2. The maximum absolute atomic E-state index is 13.3. The molecule has 4 aromatic rings. The summed E-state index contributed by atoms with van der Waals surface area (Å²) in [5.74, 6) is 0.537. The summed E-state index contributed by atoms with van der Waals surface area (Å²) in [6.45, 7) is 4.26. The first-order valence-electron chi connectivity index (χ1n) is 8.88. The number of imidazole rings is 2. The number of hydrogen-bond acceptors (Lipinski definition) is 4. The minimum Gasteiger partial charge on any atom is -0.395 e. The zero-order chi connectivity index (χ0) is 20.2. The molecule has 0 bridgehead atoms. The Morgan fingerprint density at radius 1 is 1.07 bits per heavy atom. The van der Waals surface area contributed by atoms with Crippen molar-refractivity contribution in [2.24, 2.45) is 7.05 Å². The first kappa shape index (κ1) is 18.5. The summed E-state index contributed by atoms with van der Waals surface area (Å²) in [6, 6.07) is 7.03. The summed E-state index contributed by atoms with van der Waals surface area (Å²) >= 11 is 5.93. The minimum atomic E-state index is -0.434. The Hall–Kier alpha value is -2.84.